The number of amides is 1. The molecule has 0 unspecified atom stereocenters. The third kappa shape index (κ3) is 44.3. The standard InChI is InChI=1S/C5H12N2O2.C3H6O.H4N2/c1-5(2,3)9-4(8)7-6;1-3(2)4;1-2/h6H2,1-3H3,(H,7,8);1-2H3;1-2H2. The number of hydrazine groups is 2. The van der Waals surface area contributed by atoms with Crippen LogP contribution in [0.15, 0.2) is 0 Å². The normalized spacial score (nSPS) is 8.53. The van der Waals surface area contributed by atoms with E-state index >= 15 is 0 Å². The smallest absolute Gasteiger partial charge is 0.421 e. The van der Waals surface area contributed by atoms with Gasteiger partial charge in [-0.1, -0.05) is 0 Å². The second kappa shape index (κ2) is 10.9. The van der Waals surface area contributed by atoms with E-state index in [1.165, 1.54) is 13.8 Å². The molecule has 0 fully saturated rings. The summed E-state index contributed by atoms with van der Waals surface area (Å²) in [7, 11) is 0. The molecule has 0 saturated carbocycles. The highest BCUT2D eigenvalue weighted by Gasteiger charge is 2.14. The Hall–Kier alpha value is -1.18. The lowest BCUT2D eigenvalue weighted by atomic mass is 10.2. The number of carbonyl (C=O) groups is 2. The van der Waals surface area contributed by atoms with E-state index in [4.69, 9.17) is 10.6 Å². The number of ether oxygens (including phenoxy) is 1. The molecule has 0 heterocycles. The van der Waals surface area contributed by atoms with Gasteiger partial charge in [-0.2, -0.15) is 0 Å². The first kappa shape index (κ1) is 19.4. The highest BCUT2D eigenvalue weighted by atomic mass is 16.6. The average Bonchev–Trinajstić information content (AvgIpc) is 2.04. The Morgan fingerprint density at radius 2 is 1.40 bits per heavy atom. The molecule has 0 aliphatic heterocycles. The van der Waals surface area contributed by atoms with Gasteiger partial charge >= 0.3 is 6.09 Å². The number of Topliss-reactive ketones (excluding diaryl/α,β-unsaturated/α-hetero) is 1. The molecule has 1 amide bonds. The molecule has 0 saturated heterocycles. The van der Waals surface area contributed by atoms with Crippen LogP contribution in [-0.2, 0) is 9.53 Å². The summed E-state index contributed by atoms with van der Waals surface area (Å²) in [6, 6.07) is 0. The monoisotopic (exact) mass is 222 g/mol. The zero-order valence-electron chi connectivity index (χ0n) is 9.96. The van der Waals surface area contributed by atoms with Crippen molar-refractivity contribution >= 4 is 11.9 Å². The average molecular weight is 222 g/mol. The summed E-state index contributed by atoms with van der Waals surface area (Å²) in [5.74, 6) is 12.9. The topological polar surface area (TPSA) is 133 Å². The van der Waals surface area contributed by atoms with E-state index in [1.807, 2.05) is 5.43 Å². The fourth-order valence-electron chi connectivity index (χ4n) is 0.308. The molecule has 0 rings (SSSR count). The van der Waals surface area contributed by atoms with Gasteiger partial charge in [0.05, 0.1) is 0 Å². The fraction of sp³-hybridized carbons (Fsp3) is 0.750. The first-order chi connectivity index (χ1) is 6.69. The molecule has 0 aromatic carbocycles. The number of nitrogens with one attached hydrogen (secondary N) is 1. The van der Waals surface area contributed by atoms with Crippen molar-refractivity contribution in [3.8, 4) is 0 Å². The Labute approximate surface area is 90.3 Å². The molecule has 0 spiro atoms. The minimum atomic E-state index is -0.609. The third-order valence-corrected chi connectivity index (χ3v) is 0.517. The Bertz CT molecular complexity index is 173. The van der Waals surface area contributed by atoms with E-state index in [1.54, 1.807) is 20.8 Å². The van der Waals surface area contributed by atoms with Crippen molar-refractivity contribution in [3.05, 3.63) is 0 Å². The van der Waals surface area contributed by atoms with Crippen LogP contribution in [0.4, 0.5) is 4.79 Å². The van der Waals surface area contributed by atoms with Gasteiger partial charge < -0.3 is 9.53 Å². The summed E-state index contributed by atoms with van der Waals surface area (Å²) in [4.78, 5) is 19.8. The Morgan fingerprint density at radius 1 is 1.13 bits per heavy atom. The van der Waals surface area contributed by atoms with Crippen molar-refractivity contribution < 1.29 is 14.3 Å². The highest BCUT2D eigenvalue weighted by molar-refractivity contribution is 5.72. The maximum Gasteiger partial charge on any atom is 0.421 e. The third-order valence-electron chi connectivity index (χ3n) is 0.517. The molecule has 0 radical (unpaired) electrons. The van der Waals surface area contributed by atoms with Crippen molar-refractivity contribution in [3.63, 3.8) is 0 Å². The predicted octanol–water partition coefficient (Wildman–Crippen LogP) is -0.201. The second-order valence-corrected chi connectivity index (χ2v) is 3.55. The lowest BCUT2D eigenvalue weighted by molar-refractivity contribution is -0.115. The number of hydrogen-bond acceptors (Lipinski definition) is 6. The van der Waals surface area contributed by atoms with E-state index in [0.717, 1.165) is 0 Å². The summed E-state index contributed by atoms with van der Waals surface area (Å²) in [5, 5.41) is 0. The molecular weight excluding hydrogens is 200 g/mol. The molecule has 0 aliphatic carbocycles. The minimum Gasteiger partial charge on any atom is -0.443 e. The lowest BCUT2D eigenvalue weighted by Gasteiger charge is -2.18. The lowest BCUT2D eigenvalue weighted by Crippen LogP contribution is -2.36. The van der Waals surface area contributed by atoms with Crippen molar-refractivity contribution in [2.24, 2.45) is 17.5 Å². The van der Waals surface area contributed by atoms with E-state index in [2.05, 4.69) is 11.7 Å². The van der Waals surface area contributed by atoms with Gasteiger partial charge in [-0.25, -0.2) is 10.6 Å². The molecular formula is C8H22N4O3. The molecule has 92 valence electrons. The summed E-state index contributed by atoms with van der Waals surface area (Å²) >= 11 is 0. The largest absolute Gasteiger partial charge is 0.443 e. The molecule has 0 atom stereocenters. The van der Waals surface area contributed by atoms with Crippen molar-refractivity contribution in [2.75, 3.05) is 0 Å². The fourth-order valence-corrected chi connectivity index (χ4v) is 0.308. The van der Waals surface area contributed by atoms with Gasteiger partial charge in [0.15, 0.2) is 0 Å². The van der Waals surface area contributed by atoms with Gasteiger partial charge in [-0.05, 0) is 34.6 Å². The van der Waals surface area contributed by atoms with E-state index in [0.29, 0.717) is 0 Å². The highest BCUT2D eigenvalue weighted by Crippen LogP contribution is 2.05. The number of ketones is 1. The Balaban J connectivity index is -0.000000202. The second-order valence-electron chi connectivity index (χ2n) is 3.55. The van der Waals surface area contributed by atoms with Crippen molar-refractivity contribution in [1.82, 2.24) is 5.43 Å². The first-order valence-electron chi connectivity index (χ1n) is 4.19. The molecule has 0 aliphatic rings. The van der Waals surface area contributed by atoms with Crippen LogP contribution < -0.4 is 23.0 Å². The minimum absolute atomic E-state index is 0.167. The van der Waals surface area contributed by atoms with Gasteiger partial charge in [0, 0.05) is 0 Å². The van der Waals surface area contributed by atoms with Gasteiger partial charge in [0.1, 0.15) is 11.4 Å². The summed E-state index contributed by atoms with van der Waals surface area (Å²) in [6.45, 7) is 8.35. The number of rotatable bonds is 0. The van der Waals surface area contributed by atoms with E-state index in [-0.39, 0.29) is 5.78 Å². The number of hydrogen-bond donors (Lipinski definition) is 4. The SMILES string of the molecule is CC(C)(C)OC(=O)NN.CC(C)=O.NN. The summed E-state index contributed by atoms with van der Waals surface area (Å²) < 4.78 is 4.71. The van der Waals surface area contributed by atoms with Crippen LogP contribution in [0.5, 0.6) is 0 Å². The first-order valence-corrected chi connectivity index (χ1v) is 4.19. The molecule has 0 aromatic heterocycles. The van der Waals surface area contributed by atoms with Gasteiger partial charge in [0.2, 0.25) is 0 Å². The molecule has 7 heteroatoms. The van der Waals surface area contributed by atoms with Crippen LogP contribution in [0.1, 0.15) is 34.6 Å². The number of nitrogens with two attached hydrogens (primary N) is 3. The Morgan fingerprint density at radius 3 is 1.47 bits per heavy atom. The molecule has 7 N–H and O–H groups in total. The van der Waals surface area contributed by atoms with Gasteiger partial charge in [-0.15, -0.1) is 0 Å². The van der Waals surface area contributed by atoms with Gasteiger partial charge in [0.25, 0.3) is 0 Å². The number of carbonyl (C=O) groups excluding carboxylic acids is 2. The summed E-state index contributed by atoms with van der Waals surface area (Å²) in [6.07, 6.45) is -0.609. The Kier molecular flexibility index (Phi) is 14.1. The maximum absolute atomic E-state index is 10.4. The molecule has 0 aromatic rings. The van der Waals surface area contributed by atoms with Crippen LogP contribution in [0.3, 0.4) is 0 Å². The van der Waals surface area contributed by atoms with Gasteiger partial charge in [-0.3, -0.25) is 17.1 Å². The van der Waals surface area contributed by atoms with Crippen molar-refractivity contribution in [2.45, 2.75) is 40.2 Å². The van der Waals surface area contributed by atoms with Crippen LogP contribution in [-0.4, -0.2) is 17.5 Å². The van der Waals surface area contributed by atoms with E-state index in [9.17, 15) is 9.59 Å². The van der Waals surface area contributed by atoms with Crippen LogP contribution in [0.25, 0.3) is 0 Å². The predicted molar refractivity (Wildman–Crippen MR) is 58.3 cm³/mol. The zero-order valence-corrected chi connectivity index (χ0v) is 9.96. The molecule has 15 heavy (non-hydrogen) atoms. The van der Waals surface area contributed by atoms with Crippen LogP contribution >= 0.6 is 0 Å². The van der Waals surface area contributed by atoms with Crippen molar-refractivity contribution in [1.29, 1.82) is 0 Å². The van der Waals surface area contributed by atoms with E-state index < -0.39 is 11.7 Å². The van der Waals surface area contributed by atoms with Crippen LogP contribution in [0, 0.1) is 0 Å². The zero-order chi connectivity index (χ0) is 13.1. The quantitative estimate of drug-likeness (QED) is 0.255. The maximum atomic E-state index is 10.4. The molecule has 7 nitrogen and oxygen atoms in total. The summed E-state index contributed by atoms with van der Waals surface area (Å²) in [5.41, 5.74) is 1.39. The molecule has 0 bridgehead atoms. The van der Waals surface area contributed by atoms with Crippen LogP contribution in [0.2, 0.25) is 0 Å².